The number of nitriles is 1. The number of nitrogens with zero attached hydrogens (tertiary/aromatic N) is 4. The third kappa shape index (κ3) is 4.93. The molecule has 152 valence electrons. The maximum Gasteiger partial charge on any atom is 0.422 e. The summed E-state index contributed by atoms with van der Waals surface area (Å²) in [6, 6.07) is 8.82. The molecule has 0 aliphatic carbocycles. The number of alkyl halides is 3. The minimum Gasteiger partial charge on any atom is -0.468 e. The average molecular weight is 408 g/mol. The van der Waals surface area contributed by atoms with Crippen molar-refractivity contribution in [3.05, 3.63) is 53.5 Å². The van der Waals surface area contributed by atoms with Crippen molar-refractivity contribution < 1.29 is 27.1 Å². The number of hydrogen-bond acceptors (Lipinski definition) is 5. The largest absolute Gasteiger partial charge is 0.468 e. The van der Waals surface area contributed by atoms with Gasteiger partial charge in [-0.05, 0) is 18.2 Å². The first kappa shape index (κ1) is 20.4. The summed E-state index contributed by atoms with van der Waals surface area (Å²) in [5, 5.41) is 9.16. The van der Waals surface area contributed by atoms with E-state index in [1.807, 2.05) is 11.0 Å². The lowest BCUT2D eigenvalue weighted by atomic mass is 10.1. The standard InChI is InChI=1S/C19H16F4N4O2/c20-15-2-1-3-16(14(15)10-24)26-6-8-27(9-7-26)18(28)13-4-5-17(25-11-13)29-12-19(21,22)23/h1-5,11H,6-9,12H2. The molecule has 10 heteroatoms. The topological polar surface area (TPSA) is 69.5 Å². The van der Waals surface area contributed by atoms with Gasteiger partial charge in [0.25, 0.3) is 5.91 Å². The van der Waals surface area contributed by atoms with Gasteiger partial charge in [-0.25, -0.2) is 9.37 Å². The van der Waals surface area contributed by atoms with E-state index in [9.17, 15) is 22.4 Å². The summed E-state index contributed by atoms with van der Waals surface area (Å²) in [5.41, 5.74) is 0.666. The zero-order chi connectivity index (χ0) is 21.0. The second kappa shape index (κ2) is 8.34. The molecule has 1 aliphatic heterocycles. The van der Waals surface area contributed by atoms with Gasteiger partial charge in [-0.3, -0.25) is 4.79 Å². The highest BCUT2D eigenvalue weighted by molar-refractivity contribution is 5.94. The molecular formula is C19H16F4N4O2. The molecule has 29 heavy (non-hydrogen) atoms. The molecule has 1 saturated heterocycles. The summed E-state index contributed by atoms with van der Waals surface area (Å²) >= 11 is 0. The number of aromatic nitrogens is 1. The third-order valence-corrected chi connectivity index (χ3v) is 4.38. The quantitative estimate of drug-likeness (QED) is 0.728. The van der Waals surface area contributed by atoms with Crippen molar-refractivity contribution in [1.29, 1.82) is 5.26 Å². The Bertz CT molecular complexity index is 917. The van der Waals surface area contributed by atoms with Crippen LogP contribution in [0.5, 0.6) is 5.88 Å². The zero-order valence-electron chi connectivity index (χ0n) is 15.1. The number of carbonyl (C=O) groups is 1. The molecule has 1 aromatic carbocycles. The smallest absolute Gasteiger partial charge is 0.422 e. The molecule has 6 nitrogen and oxygen atoms in total. The van der Waals surface area contributed by atoms with Gasteiger partial charge < -0.3 is 14.5 Å². The van der Waals surface area contributed by atoms with Gasteiger partial charge in [-0.15, -0.1) is 0 Å². The summed E-state index contributed by atoms with van der Waals surface area (Å²) < 4.78 is 54.8. The number of hydrogen-bond donors (Lipinski definition) is 0. The first-order valence-electron chi connectivity index (χ1n) is 8.67. The second-order valence-electron chi connectivity index (χ2n) is 6.31. The summed E-state index contributed by atoms with van der Waals surface area (Å²) in [4.78, 5) is 19.7. The normalized spacial score (nSPS) is 14.4. The van der Waals surface area contributed by atoms with Crippen molar-refractivity contribution in [1.82, 2.24) is 9.88 Å². The predicted molar refractivity (Wildman–Crippen MR) is 95.0 cm³/mol. The molecular weight excluding hydrogens is 392 g/mol. The highest BCUT2D eigenvalue weighted by Crippen LogP contribution is 2.24. The molecule has 0 unspecified atom stereocenters. The van der Waals surface area contributed by atoms with Gasteiger partial charge in [-0.1, -0.05) is 6.07 Å². The van der Waals surface area contributed by atoms with Crippen LogP contribution in [0.3, 0.4) is 0 Å². The number of halogens is 4. The van der Waals surface area contributed by atoms with Crippen LogP contribution in [-0.4, -0.2) is 54.8 Å². The number of anilines is 1. The Kier molecular flexibility index (Phi) is 5.87. The lowest BCUT2D eigenvalue weighted by molar-refractivity contribution is -0.154. The SMILES string of the molecule is N#Cc1c(F)cccc1N1CCN(C(=O)c2ccc(OCC(F)(F)F)nc2)CC1. The van der Waals surface area contributed by atoms with Crippen molar-refractivity contribution in [3.63, 3.8) is 0 Å². The van der Waals surface area contributed by atoms with E-state index in [1.165, 1.54) is 30.5 Å². The Hall–Kier alpha value is -3.35. The number of ether oxygens (including phenoxy) is 1. The fourth-order valence-corrected chi connectivity index (χ4v) is 2.97. The van der Waals surface area contributed by atoms with Crippen LogP contribution in [0.4, 0.5) is 23.2 Å². The van der Waals surface area contributed by atoms with Crippen LogP contribution in [0.2, 0.25) is 0 Å². The van der Waals surface area contributed by atoms with Crippen molar-refractivity contribution in [3.8, 4) is 11.9 Å². The Morgan fingerprint density at radius 1 is 1.17 bits per heavy atom. The van der Waals surface area contributed by atoms with Gasteiger partial charge >= 0.3 is 6.18 Å². The maximum atomic E-state index is 13.8. The van der Waals surface area contributed by atoms with Crippen LogP contribution in [0, 0.1) is 17.1 Å². The van der Waals surface area contributed by atoms with Gasteiger partial charge in [0.1, 0.15) is 17.4 Å². The molecule has 1 aliphatic rings. The molecule has 0 spiro atoms. The lowest BCUT2D eigenvalue weighted by Crippen LogP contribution is -2.49. The molecule has 1 fully saturated rings. The molecule has 0 atom stereocenters. The number of carbonyl (C=O) groups excluding carboxylic acids is 1. The van der Waals surface area contributed by atoms with Crippen molar-refractivity contribution in [2.45, 2.75) is 6.18 Å². The summed E-state index contributed by atoms with van der Waals surface area (Å²) in [6.45, 7) is 0.0350. The van der Waals surface area contributed by atoms with E-state index in [2.05, 4.69) is 9.72 Å². The van der Waals surface area contributed by atoms with E-state index < -0.39 is 18.6 Å². The molecule has 1 aromatic heterocycles. The molecule has 0 bridgehead atoms. The van der Waals surface area contributed by atoms with Crippen molar-refractivity contribution in [2.75, 3.05) is 37.7 Å². The van der Waals surface area contributed by atoms with Crippen LogP contribution in [-0.2, 0) is 0 Å². The highest BCUT2D eigenvalue weighted by atomic mass is 19.4. The average Bonchev–Trinajstić information content (AvgIpc) is 2.71. The highest BCUT2D eigenvalue weighted by Gasteiger charge is 2.29. The van der Waals surface area contributed by atoms with Gasteiger partial charge in [0.2, 0.25) is 5.88 Å². The predicted octanol–water partition coefficient (Wildman–Crippen LogP) is 3.00. The number of rotatable bonds is 4. The summed E-state index contributed by atoms with van der Waals surface area (Å²) in [6.07, 6.45) is -3.30. The Balaban J connectivity index is 1.60. The van der Waals surface area contributed by atoms with Crippen molar-refractivity contribution in [2.24, 2.45) is 0 Å². The van der Waals surface area contributed by atoms with Crippen LogP contribution < -0.4 is 9.64 Å². The molecule has 1 amide bonds. The fraction of sp³-hybridized carbons (Fsp3) is 0.316. The first-order valence-corrected chi connectivity index (χ1v) is 8.67. The van der Waals surface area contributed by atoms with Crippen molar-refractivity contribution >= 4 is 11.6 Å². The van der Waals surface area contributed by atoms with Crippen LogP contribution >= 0.6 is 0 Å². The van der Waals surface area contributed by atoms with Gasteiger partial charge in [0, 0.05) is 38.4 Å². The molecule has 0 saturated carbocycles. The Labute approximate surface area is 163 Å². The number of piperazine rings is 1. The summed E-state index contributed by atoms with van der Waals surface area (Å²) in [5.74, 6) is -1.14. The van der Waals surface area contributed by atoms with Gasteiger partial charge in [-0.2, -0.15) is 18.4 Å². The zero-order valence-corrected chi connectivity index (χ0v) is 15.1. The molecule has 3 rings (SSSR count). The molecule has 2 aromatic rings. The van der Waals surface area contributed by atoms with Crippen LogP contribution in [0.1, 0.15) is 15.9 Å². The molecule has 0 N–H and O–H groups in total. The van der Waals surface area contributed by atoms with E-state index in [0.29, 0.717) is 31.9 Å². The fourth-order valence-electron chi connectivity index (χ4n) is 2.97. The maximum absolute atomic E-state index is 13.8. The molecule has 2 heterocycles. The van der Waals surface area contributed by atoms with E-state index in [4.69, 9.17) is 5.26 Å². The van der Waals surface area contributed by atoms with Gasteiger partial charge in [0.15, 0.2) is 6.61 Å². The van der Waals surface area contributed by atoms with Crippen LogP contribution in [0.25, 0.3) is 0 Å². The lowest BCUT2D eigenvalue weighted by Gasteiger charge is -2.36. The second-order valence-corrected chi connectivity index (χ2v) is 6.31. The first-order chi connectivity index (χ1) is 13.8. The number of pyridine rings is 1. The van der Waals surface area contributed by atoms with E-state index in [1.54, 1.807) is 11.0 Å². The monoisotopic (exact) mass is 408 g/mol. The Morgan fingerprint density at radius 2 is 1.90 bits per heavy atom. The van der Waals surface area contributed by atoms with E-state index >= 15 is 0 Å². The minimum absolute atomic E-state index is 0.0362. The number of benzene rings is 1. The third-order valence-electron chi connectivity index (χ3n) is 4.38. The van der Waals surface area contributed by atoms with E-state index in [-0.39, 0.29) is 22.9 Å². The summed E-state index contributed by atoms with van der Waals surface area (Å²) in [7, 11) is 0. The van der Waals surface area contributed by atoms with E-state index in [0.717, 1.165) is 0 Å². The number of amides is 1. The van der Waals surface area contributed by atoms with Gasteiger partial charge in [0.05, 0.1) is 11.3 Å². The Morgan fingerprint density at radius 3 is 2.48 bits per heavy atom. The minimum atomic E-state index is -4.47. The van der Waals surface area contributed by atoms with Crippen LogP contribution in [0.15, 0.2) is 36.5 Å². The molecule has 0 radical (unpaired) electrons.